The largest absolute Gasteiger partial charge is 0.444 e. The fraction of sp³-hybridized carbons (Fsp3) is 0.0714. The lowest BCUT2D eigenvalue weighted by Gasteiger charge is -2.16. The summed E-state index contributed by atoms with van der Waals surface area (Å²) < 4.78 is 5.00. The van der Waals surface area contributed by atoms with E-state index in [9.17, 15) is 4.79 Å². The topological polar surface area (TPSA) is 26.3 Å². The maximum Gasteiger partial charge on any atom is 0.418 e. The molecule has 0 N–H and O–H groups in total. The molecule has 0 aromatic heterocycles. The minimum absolute atomic E-state index is 0.396. The average Bonchev–Trinajstić information content (AvgIpc) is 2.41. The molecule has 0 saturated carbocycles. The Kier molecular flexibility index (Phi) is 4.70. The Morgan fingerprint density at radius 3 is 2.11 bits per heavy atom. The van der Waals surface area contributed by atoms with Gasteiger partial charge < -0.3 is 4.74 Å². The van der Waals surface area contributed by atoms with E-state index in [1.165, 1.54) is 6.47 Å². The zero-order valence-electron chi connectivity index (χ0n) is 9.57. The maximum atomic E-state index is 10.5. The molecule has 0 aliphatic carbocycles. The van der Waals surface area contributed by atoms with Crippen molar-refractivity contribution in [1.29, 1.82) is 0 Å². The lowest BCUT2D eigenvalue weighted by Crippen LogP contribution is -2.05. The van der Waals surface area contributed by atoms with Gasteiger partial charge in [0, 0.05) is 5.02 Å². The summed E-state index contributed by atoms with van der Waals surface area (Å²) in [4.78, 5) is 10.5. The van der Waals surface area contributed by atoms with E-state index in [1.807, 2.05) is 0 Å². The molecule has 0 spiro atoms. The molecule has 2 aromatic rings. The molecular formula is C14H8Cl3O2. The summed E-state index contributed by atoms with van der Waals surface area (Å²) in [6.45, 7) is 1.45. The van der Waals surface area contributed by atoms with Gasteiger partial charge in [-0.05, 0) is 35.4 Å². The second kappa shape index (κ2) is 6.29. The molecule has 0 heterocycles. The first-order valence-electron chi connectivity index (χ1n) is 5.35. The highest BCUT2D eigenvalue weighted by atomic mass is 35.5. The van der Waals surface area contributed by atoms with Crippen LogP contribution in [0.15, 0.2) is 42.5 Å². The maximum absolute atomic E-state index is 10.5. The van der Waals surface area contributed by atoms with Crippen molar-refractivity contribution in [2.75, 3.05) is 0 Å². The third kappa shape index (κ3) is 3.41. The molecule has 2 nitrogen and oxygen atoms in total. The number of rotatable bonds is 4. The van der Waals surface area contributed by atoms with Gasteiger partial charge in [0.2, 0.25) is 0 Å². The van der Waals surface area contributed by atoms with Crippen LogP contribution in [0.1, 0.15) is 17.2 Å². The summed E-state index contributed by atoms with van der Waals surface area (Å²) in [5.41, 5.74) is 1.48. The number of hydrogen-bond donors (Lipinski definition) is 0. The lowest BCUT2D eigenvalue weighted by atomic mass is 10.0. The number of hydrogen-bond acceptors (Lipinski definition) is 2. The normalized spacial score (nSPS) is 11.9. The highest BCUT2D eigenvalue weighted by Gasteiger charge is 2.16. The summed E-state index contributed by atoms with van der Waals surface area (Å²) in [6, 6.07) is 12.0. The van der Waals surface area contributed by atoms with Gasteiger partial charge in [-0.15, -0.1) is 0 Å². The van der Waals surface area contributed by atoms with E-state index in [1.54, 1.807) is 42.5 Å². The number of carbonyl (C=O) groups excluding carboxylic acids is 1. The zero-order chi connectivity index (χ0) is 13.8. The molecule has 0 amide bonds. The molecule has 2 aromatic carbocycles. The highest BCUT2D eigenvalue weighted by molar-refractivity contribution is 6.42. The molecule has 0 aliphatic rings. The van der Waals surface area contributed by atoms with Crippen LogP contribution >= 0.6 is 34.8 Å². The summed E-state index contributed by atoms with van der Waals surface area (Å²) in [6.07, 6.45) is -0.593. The number of halogens is 3. The van der Waals surface area contributed by atoms with Gasteiger partial charge in [0.05, 0.1) is 10.0 Å². The van der Waals surface area contributed by atoms with Gasteiger partial charge in [0.1, 0.15) is 0 Å². The molecule has 0 aliphatic heterocycles. The highest BCUT2D eigenvalue weighted by Crippen LogP contribution is 2.31. The Balaban J connectivity index is 2.41. The van der Waals surface area contributed by atoms with Gasteiger partial charge in [0.25, 0.3) is 0 Å². The van der Waals surface area contributed by atoms with Crippen molar-refractivity contribution in [2.24, 2.45) is 0 Å². The SMILES string of the molecule is O=[C]OC(c1ccc(Cl)cc1)c1ccc(Cl)c(Cl)c1. The molecule has 1 unspecified atom stereocenters. The molecule has 0 saturated heterocycles. The van der Waals surface area contributed by atoms with Crippen LogP contribution in [0.3, 0.4) is 0 Å². The van der Waals surface area contributed by atoms with Crippen molar-refractivity contribution in [3.05, 3.63) is 68.7 Å². The zero-order valence-corrected chi connectivity index (χ0v) is 11.8. The van der Waals surface area contributed by atoms with E-state index in [0.717, 1.165) is 5.56 Å². The van der Waals surface area contributed by atoms with Crippen LogP contribution in [-0.2, 0) is 9.53 Å². The smallest absolute Gasteiger partial charge is 0.418 e. The minimum atomic E-state index is -0.593. The van der Waals surface area contributed by atoms with Crippen LogP contribution < -0.4 is 0 Å². The van der Waals surface area contributed by atoms with E-state index >= 15 is 0 Å². The van der Waals surface area contributed by atoms with Crippen molar-refractivity contribution in [3.8, 4) is 0 Å². The van der Waals surface area contributed by atoms with E-state index in [4.69, 9.17) is 39.5 Å². The lowest BCUT2D eigenvalue weighted by molar-refractivity contribution is 0.216. The molecule has 1 atom stereocenters. The third-order valence-corrected chi connectivity index (χ3v) is 3.58. The summed E-state index contributed by atoms with van der Waals surface area (Å²) >= 11 is 17.7. The Morgan fingerprint density at radius 2 is 1.53 bits per heavy atom. The molecule has 1 radical (unpaired) electrons. The molecule has 97 valence electrons. The first-order valence-corrected chi connectivity index (χ1v) is 6.48. The van der Waals surface area contributed by atoms with Crippen molar-refractivity contribution in [1.82, 2.24) is 0 Å². The summed E-state index contributed by atoms with van der Waals surface area (Å²) in [5, 5.41) is 1.44. The monoisotopic (exact) mass is 313 g/mol. The Morgan fingerprint density at radius 1 is 0.895 bits per heavy atom. The van der Waals surface area contributed by atoms with Crippen LogP contribution in [0, 0.1) is 0 Å². The van der Waals surface area contributed by atoms with Crippen molar-refractivity contribution >= 4 is 41.3 Å². The van der Waals surface area contributed by atoms with Gasteiger partial charge in [-0.1, -0.05) is 53.0 Å². The summed E-state index contributed by atoms with van der Waals surface area (Å²) in [5.74, 6) is 0. The minimum Gasteiger partial charge on any atom is -0.444 e. The number of ether oxygens (including phenoxy) is 1. The van der Waals surface area contributed by atoms with Gasteiger partial charge >= 0.3 is 6.47 Å². The standard InChI is InChI=1S/C14H8Cl3O2/c15-11-4-1-9(2-5-11)14(19-8-18)10-3-6-12(16)13(17)7-10/h1-7,14H. The second-order valence-corrected chi connectivity index (χ2v) is 5.06. The van der Waals surface area contributed by atoms with Crippen molar-refractivity contribution in [2.45, 2.75) is 6.10 Å². The van der Waals surface area contributed by atoms with Crippen LogP contribution in [0.5, 0.6) is 0 Å². The van der Waals surface area contributed by atoms with Crippen molar-refractivity contribution < 1.29 is 9.53 Å². The van der Waals surface area contributed by atoms with Crippen LogP contribution in [-0.4, -0.2) is 6.47 Å². The first kappa shape index (κ1) is 14.2. The summed E-state index contributed by atoms with van der Waals surface area (Å²) in [7, 11) is 0. The Hall–Kier alpha value is -1.22. The Bertz CT molecular complexity index is 582. The van der Waals surface area contributed by atoms with Crippen LogP contribution in [0.4, 0.5) is 0 Å². The molecule has 5 heteroatoms. The van der Waals surface area contributed by atoms with E-state index < -0.39 is 6.10 Å². The van der Waals surface area contributed by atoms with E-state index in [0.29, 0.717) is 20.6 Å². The van der Waals surface area contributed by atoms with Crippen LogP contribution in [0.2, 0.25) is 15.1 Å². The van der Waals surface area contributed by atoms with Gasteiger partial charge in [0.15, 0.2) is 6.10 Å². The van der Waals surface area contributed by atoms with Gasteiger partial charge in [-0.25, -0.2) is 4.79 Å². The molecule has 2 rings (SSSR count). The molecule has 0 fully saturated rings. The first-order chi connectivity index (χ1) is 9.11. The predicted octanol–water partition coefficient (Wildman–Crippen LogP) is 4.82. The molecule has 0 bridgehead atoms. The van der Waals surface area contributed by atoms with Gasteiger partial charge in [-0.3, -0.25) is 0 Å². The van der Waals surface area contributed by atoms with Crippen molar-refractivity contribution in [3.63, 3.8) is 0 Å². The van der Waals surface area contributed by atoms with E-state index in [2.05, 4.69) is 0 Å². The van der Waals surface area contributed by atoms with E-state index in [-0.39, 0.29) is 0 Å². The van der Waals surface area contributed by atoms with Crippen LogP contribution in [0.25, 0.3) is 0 Å². The number of benzene rings is 2. The Labute approximate surface area is 125 Å². The fourth-order valence-electron chi connectivity index (χ4n) is 1.69. The van der Waals surface area contributed by atoms with Gasteiger partial charge in [-0.2, -0.15) is 0 Å². The predicted molar refractivity (Wildman–Crippen MR) is 76.5 cm³/mol. The molecular weight excluding hydrogens is 307 g/mol. The fourth-order valence-corrected chi connectivity index (χ4v) is 2.12. The average molecular weight is 315 g/mol. The molecule has 19 heavy (non-hydrogen) atoms. The second-order valence-electron chi connectivity index (χ2n) is 3.81. The quantitative estimate of drug-likeness (QED) is 0.808. The third-order valence-electron chi connectivity index (χ3n) is 2.59.